The number of phenolic OH excluding ortho intramolecular Hbond substituents is 2. The summed E-state index contributed by atoms with van der Waals surface area (Å²) in [4.78, 5) is 0. The smallest absolute Gasteiger partial charge is 0.162 e. The number of hydrogen-bond donors (Lipinski definition) is 6. The van der Waals surface area contributed by atoms with E-state index in [4.69, 9.17) is 0 Å². The number of fused-ring (bicyclic) bond motifs is 6. The first-order chi connectivity index (χ1) is 16.0. The Morgan fingerprint density at radius 2 is 0.970 bits per heavy atom. The molecule has 1 aliphatic rings. The van der Waals surface area contributed by atoms with Crippen LogP contribution in [0.5, 0.6) is 11.5 Å². The minimum Gasteiger partial charge on any atom is -0.504 e. The molecule has 4 aromatic carbocycles. The first kappa shape index (κ1) is 20.6. The molecule has 33 heavy (non-hydrogen) atoms. The van der Waals surface area contributed by atoms with E-state index in [0.717, 1.165) is 33.8 Å². The average molecular weight is 439 g/mol. The van der Waals surface area contributed by atoms with Crippen LogP contribution in [0, 0.1) is 13.8 Å². The predicted octanol–water partition coefficient (Wildman–Crippen LogP) is 6.87. The Hall–Kier alpha value is -4.32. The van der Waals surface area contributed by atoms with Crippen LogP contribution in [0.15, 0.2) is 72.8 Å². The molecule has 0 unspecified atom stereocenters. The monoisotopic (exact) mass is 438 g/mol. The largest absolute Gasteiger partial charge is 0.504 e. The van der Waals surface area contributed by atoms with Crippen LogP contribution in [-0.2, 0) is 6.54 Å². The van der Waals surface area contributed by atoms with E-state index in [1.165, 1.54) is 0 Å². The molecule has 6 N–H and O–H groups in total. The molecular formula is C27H26N4O2. The Kier molecular flexibility index (Phi) is 5.18. The highest BCUT2D eigenvalue weighted by atomic mass is 16.3. The van der Waals surface area contributed by atoms with Gasteiger partial charge >= 0.3 is 0 Å². The molecule has 1 heterocycles. The summed E-state index contributed by atoms with van der Waals surface area (Å²) in [6.07, 6.45) is 0. The maximum atomic E-state index is 11.1. The second-order valence-corrected chi connectivity index (χ2v) is 8.35. The van der Waals surface area contributed by atoms with Gasteiger partial charge in [-0.15, -0.1) is 0 Å². The van der Waals surface area contributed by atoms with Crippen molar-refractivity contribution in [3.63, 3.8) is 0 Å². The van der Waals surface area contributed by atoms with Crippen LogP contribution in [0.2, 0.25) is 0 Å². The number of benzene rings is 4. The second-order valence-electron chi connectivity index (χ2n) is 8.35. The van der Waals surface area contributed by atoms with Crippen LogP contribution >= 0.6 is 0 Å². The first-order valence-corrected chi connectivity index (χ1v) is 10.9. The molecule has 0 fully saturated rings. The van der Waals surface area contributed by atoms with Crippen molar-refractivity contribution in [2.24, 2.45) is 0 Å². The molecule has 166 valence electrons. The molecule has 0 atom stereocenters. The number of hydrogen-bond acceptors (Lipinski definition) is 6. The fourth-order valence-corrected chi connectivity index (χ4v) is 4.10. The fourth-order valence-electron chi connectivity index (χ4n) is 4.10. The minimum absolute atomic E-state index is 0.132. The van der Waals surface area contributed by atoms with Gasteiger partial charge in [-0.1, -0.05) is 30.3 Å². The maximum absolute atomic E-state index is 11.1. The number of para-hydroxylation sites is 3. The van der Waals surface area contributed by atoms with Crippen molar-refractivity contribution in [2.45, 2.75) is 20.4 Å². The van der Waals surface area contributed by atoms with Crippen molar-refractivity contribution in [3.8, 4) is 11.5 Å². The predicted molar refractivity (Wildman–Crippen MR) is 136 cm³/mol. The zero-order valence-electron chi connectivity index (χ0n) is 18.5. The number of nitrogens with one attached hydrogen (secondary N) is 4. The van der Waals surface area contributed by atoms with E-state index in [-0.39, 0.29) is 11.5 Å². The minimum atomic E-state index is 0.132. The standard InChI is InChI=1S/C27H26N4O2/c1-16-11-22-26(32)23(12-16)30-20-9-5-6-10-21(20)31-25-14-17(2)13-24(27(25)33)29-19-8-4-3-7-18(19)15-28-22/h3-14,28-33H,15H2,1-2H3. The molecule has 0 saturated heterocycles. The van der Waals surface area contributed by atoms with Gasteiger partial charge in [0.25, 0.3) is 0 Å². The van der Waals surface area contributed by atoms with E-state index < -0.39 is 0 Å². The van der Waals surface area contributed by atoms with Crippen molar-refractivity contribution < 1.29 is 10.2 Å². The summed E-state index contributed by atoms with van der Waals surface area (Å²) in [5, 5.41) is 35.6. The van der Waals surface area contributed by atoms with E-state index >= 15 is 0 Å². The third-order valence-corrected chi connectivity index (χ3v) is 5.73. The van der Waals surface area contributed by atoms with Gasteiger partial charge in [0.2, 0.25) is 0 Å². The normalized spacial score (nSPS) is 12.4. The van der Waals surface area contributed by atoms with E-state index in [1.54, 1.807) is 0 Å². The fraction of sp³-hybridized carbons (Fsp3) is 0.111. The highest BCUT2D eigenvalue weighted by molar-refractivity contribution is 5.86. The zero-order valence-corrected chi connectivity index (χ0v) is 18.5. The van der Waals surface area contributed by atoms with Crippen LogP contribution in [-0.4, -0.2) is 10.2 Å². The number of aryl methyl sites for hydroxylation is 2. The van der Waals surface area contributed by atoms with Crippen LogP contribution in [0.3, 0.4) is 0 Å². The molecule has 0 aliphatic carbocycles. The van der Waals surface area contributed by atoms with Gasteiger partial charge in [0.15, 0.2) is 11.5 Å². The summed E-state index contributed by atoms with van der Waals surface area (Å²) in [5.41, 5.74) is 7.89. The second kappa shape index (κ2) is 8.31. The molecule has 0 spiro atoms. The Morgan fingerprint density at radius 3 is 1.55 bits per heavy atom. The molecule has 1 aliphatic heterocycles. The van der Waals surface area contributed by atoms with Crippen LogP contribution in [0.1, 0.15) is 16.7 Å². The van der Waals surface area contributed by atoms with Crippen molar-refractivity contribution in [1.29, 1.82) is 0 Å². The molecule has 0 radical (unpaired) electrons. The molecule has 0 amide bonds. The van der Waals surface area contributed by atoms with E-state index in [0.29, 0.717) is 29.3 Å². The molecule has 4 bridgehead atoms. The molecule has 0 saturated carbocycles. The van der Waals surface area contributed by atoms with Gasteiger partial charge in [0.1, 0.15) is 0 Å². The van der Waals surface area contributed by atoms with Crippen LogP contribution in [0.4, 0.5) is 39.8 Å². The van der Waals surface area contributed by atoms with Crippen molar-refractivity contribution in [2.75, 3.05) is 21.3 Å². The summed E-state index contributed by atoms with van der Waals surface area (Å²) in [7, 11) is 0. The Bertz CT molecular complexity index is 1350. The Morgan fingerprint density at radius 1 is 0.545 bits per heavy atom. The quantitative estimate of drug-likeness (QED) is 0.168. The molecule has 5 rings (SSSR count). The number of phenols is 2. The summed E-state index contributed by atoms with van der Waals surface area (Å²) < 4.78 is 0. The van der Waals surface area contributed by atoms with Gasteiger partial charge in [-0.25, -0.2) is 0 Å². The third kappa shape index (κ3) is 4.11. The topological polar surface area (TPSA) is 88.6 Å². The maximum Gasteiger partial charge on any atom is 0.162 e. The summed E-state index contributed by atoms with van der Waals surface area (Å²) in [6.45, 7) is 4.48. The Balaban J connectivity index is 1.70. The van der Waals surface area contributed by atoms with E-state index in [9.17, 15) is 10.2 Å². The lowest BCUT2D eigenvalue weighted by Crippen LogP contribution is -2.04. The van der Waals surface area contributed by atoms with Gasteiger partial charge in [0, 0.05) is 12.2 Å². The zero-order chi connectivity index (χ0) is 22.9. The molecule has 4 aromatic rings. The third-order valence-electron chi connectivity index (χ3n) is 5.73. The summed E-state index contributed by atoms with van der Waals surface area (Å²) in [5.74, 6) is 0.280. The van der Waals surface area contributed by atoms with Crippen molar-refractivity contribution in [1.82, 2.24) is 0 Å². The highest BCUT2D eigenvalue weighted by Gasteiger charge is 2.16. The van der Waals surface area contributed by atoms with Gasteiger partial charge in [-0.05, 0) is 73.0 Å². The van der Waals surface area contributed by atoms with Gasteiger partial charge in [0.05, 0.1) is 34.1 Å². The first-order valence-electron chi connectivity index (χ1n) is 10.9. The molecule has 6 heteroatoms. The number of anilines is 7. The van der Waals surface area contributed by atoms with E-state index in [1.807, 2.05) is 86.6 Å². The number of aromatic hydroxyl groups is 2. The van der Waals surface area contributed by atoms with Crippen molar-refractivity contribution in [3.05, 3.63) is 89.5 Å². The lowest BCUT2D eigenvalue weighted by atomic mass is 10.1. The van der Waals surface area contributed by atoms with Crippen molar-refractivity contribution >= 4 is 39.8 Å². The average Bonchev–Trinajstić information content (AvgIpc) is 2.79. The summed E-state index contributed by atoms with van der Waals surface area (Å²) >= 11 is 0. The number of rotatable bonds is 0. The van der Waals surface area contributed by atoms with Gasteiger partial charge in [-0.2, -0.15) is 0 Å². The summed E-state index contributed by atoms with van der Waals surface area (Å²) in [6, 6.07) is 23.3. The molecule has 6 nitrogen and oxygen atoms in total. The highest BCUT2D eigenvalue weighted by Crippen LogP contribution is 2.42. The van der Waals surface area contributed by atoms with Gasteiger partial charge in [-0.3, -0.25) is 0 Å². The van der Waals surface area contributed by atoms with E-state index in [2.05, 4.69) is 21.3 Å². The molecule has 0 aromatic heterocycles. The van der Waals surface area contributed by atoms with Crippen LogP contribution < -0.4 is 21.3 Å². The molecular weight excluding hydrogens is 412 g/mol. The lowest BCUT2D eigenvalue weighted by molar-refractivity contribution is 0.479. The lowest BCUT2D eigenvalue weighted by Gasteiger charge is -2.18. The Labute approximate surface area is 192 Å². The van der Waals surface area contributed by atoms with Gasteiger partial charge < -0.3 is 31.5 Å². The van der Waals surface area contributed by atoms with Crippen LogP contribution in [0.25, 0.3) is 0 Å². The SMILES string of the molecule is Cc1cc2c(O)c(c1)Nc1ccccc1Nc1cc(C)cc(c1O)Nc1ccccc1CN2.